The van der Waals surface area contributed by atoms with Crippen LogP contribution in [-0.2, 0) is 5.92 Å². The molecule has 206 valence electrons. The Hall–Kier alpha value is -4.36. The molecule has 7 nitrogen and oxygen atoms in total. The van der Waals surface area contributed by atoms with Crippen LogP contribution in [0, 0.1) is 0 Å². The van der Waals surface area contributed by atoms with Crippen molar-refractivity contribution in [2.24, 2.45) is 0 Å². The molecule has 4 aromatic rings. The number of nitrogens with zero attached hydrogens (tertiary/aromatic N) is 3. The summed E-state index contributed by atoms with van der Waals surface area (Å²) >= 11 is 0. The third-order valence-corrected chi connectivity index (χ3v) is 5.90. The molecule has 0 bridgehead atoms. The fourth-order valence-corrected chi connectivity index (χ4v) is 3.87. The average molecular weight is 554 g/mol. The maximum Gasteiger partial charge on any atom is 0.460 e. The van der Waals surface area contributed by atoms with Crippen LogP contribution in [0.15, 0.2) is 61.1 Å². The first-order chi connectivity index (χ1) is 18.1. The maximum atomic E-state index is 13.8. The number of amides is 2. The normalized spacial score (nSPS) is 12.7. The van der Waals surface area contributed by atoms with Crippen LogP contribution in [0.2, 0.25) is 0 Å². The molecule has 2 heterocycles. The quantitative estimate of drug-likeness (QED) is 0.220. The Morgan fingerprint density at radius 2 is 1.41 bits per heavy atom. The van der Waals surface area contributed by atoms with Gasteiger partial charge < -0.3 is 20.9 Å². The molecule has 0 spiro atoms. The molecule has 0 fully saturated rings. The molecule has 0 saturated carbocycles. The molecule has 2 amide bonds. The van der Waals surface area contributed by atoms with Gasteiger partial charge in [-0.1, -0.05) is 24.3 Å². The number of nitrogens with one attached hydrogen (secondary N) is 2. The molecule has 2 aromatic heterocycles. The van der Waals surface area contributed by atoms with Gasteiger partial charge in [-0.2, -0.15) is 30.7 Å². The Kier molecular flexibility index (Phi) is 6.91. The smallest absolute Gasteiger partial charge is 0.383 e. The Labute approximate surface area is 216 Å². The predicted molar refractivity (Wildman–Crippen MR) is 132 cm³/mol. The number of anilines is 3. The molecule has 0 unspecified atom stereocenters. The van der Waals surface area contributed by atoms with Crippen molar-refractivity contribution in [3.63, 3.8) is 0 Å². The number of nitrogens with two attached hydrogens (primary N) is 1. The monoisotopic (exact) mass is 554 g/mol. The summed E-state index contributed by atoms with van der Waals surface area (Å²) in [6.07, 6.45) is -3.18. The van der Waals surface area contributed by atoms with E-state index in [-0.39, 0.29) is 11.7 Å². The number of nitrogen functional groups attached to an aromatic ring is 1. The molecule has 4 rings (SSSR count). The second-order valence-corrected chi connectivity index (χ2v) is 8.88. The van der Waals surface area contributed by atoms with Crippen LogP contribution in [0.25, 0.3) is 22.2 Å². The summed E-state index contributed by atoms with van der Waals surface area (Å²) in [5.41, 5.74) is 6.97. The third kappa shape index (κ3) is 5.05. The summed E-state index contributed by atoms with van der Waals surface area (Å²) < 4.78 is 93.3. The number of halogens is 7. The first-order valence-electron chi connectivity index (χ1n) is 11.4. The van der Waals surface area contributed by atoms with Crippen LogP contribution in [-0.4, -0.2) is 32.7 Å². The number of rotatable bonds is 6. The molecule has 4 N–H and O–H groups in total. The van der Waals surface area contributed by atoms with E-state index < -0.39 is 29.6 Å². The van der Waals surface area contributed by atoms with Gasteiger partial charge in [0.15, 0.2) is 0 Å². The second-order valence-electron chi connectivity index (χ2n) is 8.88. The Bertz CT molecular complexity index is 1500. The average Bonchev–Trinajstić information content (AvgIpc) is 3.25. The van der Waals surface area contributed by atoms with E-state index in [9.17, 15) is 35.5 Å². The van der Waals surface area contributed by atoms with Crippen molar-refractivity contribution in [3.8, 4) is 11.1 Å². The SMILES string of the molecule is CC(C)n1cc(-c2ccc(NC(=O)Nc3ccc(C(F)(F)C(F)(F)C(F)(F)F)cc3)cc2)c2c(N)ncnc21. The number of hydrogen-bond acceptors (Lipinski definition) is 4. The lowest BCUT2D eigenvalue weighted by Gasteiger charge is -2.28. The fourth-order valence-electron chi connectivity index (χ4n) is 3.87. The zero-order valence-corrected chi connectivity index (χ0v) is 20.3. The van der Waals surface area contributed by atoms with Crippen molar-refractivity contribution >= 4 is 34.3 Å². The largest absolute Gasteiger partial charge is 0.460 e. The van der Waals surface area contributed by atoms with Gasteiger partial charge in [0, 0.05) is 34.7 Å². The van der Waals surface area contributed by atoms with Crippen LogP contribution < -0.4 is 16.4 Å². The first kappa shape index (κ1) is 27.7. The van der Waals surface area contributed by atoms with E-state index in [1.807, 2.05) is 24.6 Å². The van der Waals surface area contributed by atoms with Crippen molar-refractivity contribution in [2.45, 2.75) is 37.9 Å². The fraction of sp³-hybridized carbons (Fsp3) is 0.240. The van der Waals surface area contributed by atoms with E-state index in [1.165, 1.54) is 6.33 Å². The van der Waals surface area contributed by atoms with Gasteiger partial charge in [-0.05, 0) is 43.7 Å². The van der Waals surface area contributed by atoms with E-state index in [1.54, 1.807) is 24.3 Å². The molecule has 0 radical (unpaired) electrons. The van der Waals surface area contributed by atoms with Crippen molar-refractivity contribution < 1.29 is 35.5 Å². The molecule has 2 aromatic carbocycles. The second kappa shape index (κ2) is 9.75. The number of benzene rings is 2. The highest BCUT2D eigenvalue weighted by atomic mass is 19.4. The lowest BCUT2D eigenvalue weighted by molar-refractivity contribution is -0.359. The van der Waals surface area contributed by atoms with Crippen molar-refractivity contribution in [2.75, 3.05) is 16.4 Å². The summed E-state index contributed by atoms with van der Waals surface area (Å²) in [5.74, 6) is -11.5. The summed E-state index contributed by atoms with van der Waals surface area (Å²) in [5, 5.41) is 5.47. The first-order valence-corrected chi connectivity index (χ1v) is 11.4. The van der Waals surface area contributed by atoms with Crippen LogP contribution in [0.5, 0.6) is 0 Å². The highest BCUT2D eigenvalue weighted by molar-refractivity contribution is 6.02. The summed E-state index contributed by atoms with van der Waals surface area (Å²) in [6, 6.07) is 8.26. The van der Waals surface area contributed by atoms with Gasteiger partial charge in [0.25, 0.3) is 0 Å². The predicted octanol–water partition coefficient (Wildman–Crippen LogP) is 7.19. The van der Waals surface area contributed by atoms with Crippen molar-refractivity contribution in [3.05, 3.63) is 66.6 Å². The van der Waals surface area contributed by atoms with E-state index in [4.69, 9.17) is 5.73 Å². The number of fused-ring (bicyclic) bond motifs is 1. The highest BCUT2D eigenvalue weighted by Gasteiger charge is 2.73. The number of hydrogen-bond donors (Lipinski definition) is 3. The maximum absolute atomic E-state index is 13.8. The minimum Gasteiger partial charge on any atom is -0.383 e. The lowest BCUT2D eigenvalue weighted by atomic mass is 10.0. The molecule has 0 aliphatic rings. The topological polar surface area (TPSA) is 97.9 Å². The van der Waals surface area contributed by atoms with Crippen molar-refractivity contribution in [1.29, 1.82) is 0 Å². The third-order valence-electron chi connectivity index (χ3n) is 5.90. The minimum absolute atomic E-state index is 0.0987. The summed E-state index contributed by atoms with van der Waals surface area (Å²) in [4.78, 5) is 20.7. The van der Waals surface area contributed by atoms with Crippen LogP contribution in [0.1, 0.15) is 25.5 Å². The zero-order valence-electron chi connectivity index (χ0n) is 20.3. The number of carbonyl (C=O) groups excluding carboxylic acids is 1. The van der Waals surface area contributed by atoms with E-state index in [0.29, 0.717) is 34.7 Å². The van der Waals surface area contributed by atoms with Gasteiger partial charge in [-0.3, -0.25) is 0 Å². The van der Waals surface area contributed by atoms with Gasteiger partial charge in [0.2, 0.25) is 0 Å². The van der Waals surface area contributed by atoms with E-state index >= 15 is 0 Å². The molecule has 0 aliphatic carbocycles. The highest BCUT2D eigenvalue weighted by Crippen LogP contribution is 2.51. The van der Waals surface area contributed by atoms with Crippen molar-refractivity contribution in [1.82, 2.24) is 14.5 Å². The molecule has 14 heteroatoms. The number of alkyl halides is 7. The van der Waals surface area contributed by atoms with Crippen LogP contribution in [0.4, 0.5) is 52.7 Å². The summed E-state index contributed by atoms with van der Waals surface area (Å²) in [6.45, 7) is 3.98. The van der Waals surface area contributed by atoms with Crippen LogP contribution >= 0.6 is 0 Å². The van der Waals surface area contributed by atoms with E-state index in [0.717, 1.165) is 23.3 Å². The van der Waals surface area contributed by atoms with Gasteiger partial charge in [-0.15, -0.1) is 0 Å². The number of carbonyl (C=O) groups is 1. The van der Waals surface area contributed by atoms with Gasteiger partial charge >= 0.3 is 24.1 Å². The molecule has 39 heavy (non-hydrogen) atoms. The van der Waals surface area contributed by atoms with Crippen LogP contribution in [0.3, 0.4) is 0 Å². The molecule has 0 atom stereocenters. The molecular weight excluding hydrogens is 533 g/mol. The Balaban J connectivity index is 1.47. The van der Waals surface area contributed by atoms with Gasteiger partial charge in [-0.25, -0.2) is 14.8 Å². The number of urea groups is 1. The van der Waals surface area contributed by atoms with E-state index in [2.05, 4.69) is 20.6 Å². The zero-order chi connectivity index (χ0) is 28.8. The lowest BCUT2D eigenvalue weighted by Crippen LogP contribution is -2.50. The molecule has 0 aliphatic heterocycles. The minimum atomic E-state index is -6.45. The van der Waals surface area contributed by atoms with Gasteiger partial charge in [0.05, 0.1) is 5.39 Å². The van der Waals surface area contributed by atoms with Gasteiger partial charge in [0.1, 0.15) is 17.8 Å². The molecular formula is C25H21F7N6O. The summed E-state index contributed by atoms with van der Waals surface area (Å²) in [7, 11) is 0. The molecule has 0 saturated heterocycles. The Morgan fingerprint density at radius 3 is 1.92 bits per heavy atom. The standard InChI is InChI=1S/C25H21F7N6O/c1-13(2)38-11-18(19-20(33)34-12-35-21(19)38)14-3-7-16(8-4-14)36-22(39)37-17-9-5-15(6-10-17)23(26,27)24(28,29)25(30,31)32/h3-13H,1-2H3,(H2,33,34,35)(H2,36,37,39). The Morgan fingerprint density at radius 1 is 0.872 bits per heavy atom. The number of aromatic nitrogens is 3.